The van der Waals surface area contributed by atoms with Gasteiger partial charge in [-0.15, -0.1) is 0 Å². The summed E-state index contributed by atoms with van der Waals surface area (Å²) in [5.74, 6) is 1.49. The fourth-order valence-electron chi connectivity index (χ4n) is 5.65. The van der Waals surface area contributed by atoms with E-state index in [9.17, 15) is 13.2 Å². The van der Waals surface area contributed by atoms with Crippen LogP contribution in [0, 0.1) is 18.8 Å². The number of amides is 2. The van der Waals surface area contributed by atoms with Crippen LogP contribution in [0.1, 0.15) is 18.4 Å². The molecule has 2 fully saturated rings. The zero-order chi connectivity index (χ0) is 27.3. The molecule has 14 heteroatoms. The summed E-state index contributed by atoms with van der Waals surface area (Å²) in [6, 6.07) is 8.66. The molecule has 39 heavy (non-hydrogen) atoms. The first-order valence-electron chi connectivity index (χ1n) is 12.6. The van der Waals surface area contributed by atoms with Crippen LogP contribution in [-0.4, -0.2) is 75.1 Å². The lowest BCUT2D eigenvalue weighted by Crippen LogP contribution is -2.36. The third-order valence-corrected chi connectivity index (χ3v) is 10.7. The molecule has 1 aliphatic heterocycles. The number of aromatic nitrogens is 5. The molecular formula is C25H28N8O3S3. The Bertz CT molecular complexity index is 1620. The van der Waals surface area contributed by atoms with Gasteiger partial charge in [0.2, 0.25) is 10.3 Å². The second-order valence-corrected chi connectivity index (χ2v) is 13.4. The van der Waals surface area contributed by atoms with Gasteiger partial charge in [-0.1, -0.05) is 29.5 Å². The van der Waals surface area contributed by atoms with E-state index in [1.54, 1.807) is 36.5 Å². The molecule has 6 rings (SSSR count). The van der Waals surface area contributed by atoms with Gasteiger partial charge in [-0.2, -0.15) is 9.36 Å². The number of hydrogen-bond acceptors (Lipinski definition) is 10. The monoisotopic (exact) mass is 584 g/mol. The van der Waals surface area contributed by atoms with Gasteiger partial charge in [0, 0.05) is 43.9 Å². The molecule has 1 N–H and O–H groups in total. The third kappa shape index (κ3) is 4.74. The number of fused-ring (bicyclic) bond motifs is 2. The summed E-state index contributed by atoms with van der Waals surface area (Å²) >= 11 is 2.63. The number of urea groups is 1. The van der Waals surface area contributed by atoms with Gasteiger partial charge in [0.1, 0.15) is 12.1 Å². The molecule has 204 valence electrons. The first-order chi connectivity index (χ1) is 18.7. The molecule has 0 radical (unpaired) electrons. The number of benzene rings is 1. The molecule has 4 heterocycles. The van der Waals surface area contributed by atoms with Crippen molar-refractivity contribution in [1.82, 2.24) is 28.2 Å². The molecule has 0 spiro atoms. The van der Waals surface area contributed by atoms with Crippen LogP contribution in [0.3, 0.4) is 0 Å². The van der Waals surface area contributed by atoms with Crippen LogP contribution in [0.2, 0.25) is 0 Å². The molecule has 0 bridgehead atoms. The minimum Gasteiger partial charge on any atom is -0.356 e. The van der Waals surface area contributed by atoms with Crippen LogP contribution in [0.15, 0.2) is 52.9 Å². The predicted molar refractivity (Wildman–Crippen MR) is 152 cm³/mol. The third-order valence-electron chi connectivity index (χ3n) is 7.70. The number of aryl methyl sites for hydroxylation is 1. The second kappa shape index (κ2) is 10.1. The van der Waals surface area contributed by atoms with E-state index in [-0.39, 0.29) is 17.0 Å². The summed E-state index contributed by atoms with van der Waals surface area (Å²) < 4.78 is 32.1. The van der Waals surface area contributed by atoms with Crippen LogP contribution in [0.25, 0.3) is 11.0 Å². The fourth-order valence-corrected chi connectivity index (χ4v) is 8.07. The fraction of sp³-hybridized carbons (Fsp3) is 0.400. The van der Waals surface area contributed by atoms with Crippen molar-refractivity contribution in [3.8, 4) is 0 Å². The van der Waals surface area contributed by atoms with Gasteiger partial charge < -0.3 is 9.80 Å². The number of hydrogen-bond donors (Lipinski definition) is 1. The number of carbonyl (C=O) groups is 1. The van der Waals surface area contributed by atoms with Gasteiger partial charge in [0.25, 0.3) is 10.0 Å². The van der Waals surface area contributed by atoms with Crippen LogP contribution < -0.4 is 10.2 Å². The summed E-state index contributed by atoms with van der Waals surface area (Å²) in [4.78, 5) is 30.2. The Morgan fingerprint density at radius 3 is 2.51 bits per heavy atom. The summed E-state index contributed by atoms with van der Waals surface area (Å²) in [6.07, 6.45) is 6.72. The van der Waals surface area contributed by atoms with Crippen molar-refractivity contribution in [2.24, 2.45) is 11.8 Å². The molecule has 0 unspecified atom stereocenters. The van der Waals surface area contributed by atoms with Gasteiger partial charge in [-0.25, -0.2) is 27.2 Å². The van der Waals surface area contributed by atoms with E-state index in [2.05, 4.69) is 29.5 Å². The maximum absolute atomic E-state index is 13.4. The summed E-state index contributed by atoms with van der Waals surface area (Å²) in [5, 5.41) is 4.74. The zero-order valence-corrected chi connectivity index (χ0v) is 24.1. The predicted octanol–water partition coefficient (Wildman–Crippen LogP) is 3.93. The van der Waals surface area contributed by atoms with Crippen molar-refractivity contribution in [3.63, 3.8) is 0 Å². The summed E-state index contributed by atoms with van der Waals surface area (Å²) in [6.45, 7) is 3.31. The molecule has 1 aliphatic carbocycles. The van der Waals surface area contributed by atoms with Crippen molar-refractivity contribution >= 4 is 61.3 Å². The number of thioether (sulfide) groups is 1. The quantitative estimate of drug-likeness (QED) is 0.336. The highest BCUT2D eigenvalue weighted by atomic mass is 32.2. The number of anilines is 2. The lowest BCUT2D eigenvalue weighted by atomic mass is 10.0. The van der Waals surface area contributed by atoms with Crippen molar-refractivity contribution in [2.75, 3.05) is 36.6 Å². The largest absolute Gasteiger partial charge is 0.356 e. The molecule has 3 aromatic heterocycles. The van der Waals surface area contributed by atoms with Crippen LogP contribution in [0.4, 0.5) is 15.7 Å². The Kier molecular flexibility index (Phi) is 6.71. The minimum atomic E-state index is -3.79. The number of rotatable bonds is 6. The van der Waals surface area contributed by atoms with Crippen molar-refractivity contribution < 1.29 is 13.2 Å². The number of likely N-dealkylation sites (tertiary alicyclic amines) is 1. The Morgan fingerprint density at radius 1 is 1.13 bits per heavy atom. The number of carbonyl (C=O) groups excluding carboxylic acids is 1. The van der Waals surface area contributed by atoms with Crippen LogP contribution in [0.5, 0.6) is 0 Å². The van der Waals surface area contributed by atoms with E-state index in [1.165, 1.54) is 33.6 Å². The lowest BCUT2D eigenvalue weighted by molar-refractivity contribution is 0.218. The second-order valence-electron chi connectivity index (χ2n) is 10.0. The highest BCUT2D eigenvalue weighted by Crippen LogP contribution is 2.42. The summed E-state index contributed by atoms with van der Waals surface area (Å²) in [5.41, 5.74) is 1.35. The van der Waals surface area contributed by atoms with E-state index in [0.717, 1.165) is 18.4 Å². The molecule has 1 saturated carbocycles. The molecule has 1 saturated heterocycles. The molecular weight excluding hydrogens is 557 g/mol. The number of nitrogens with one attached hydrogen (secondary N) is 1. The average Bonchev–Trinajstić information content (AvgIpc) is 3.71. The zero-order valence-electron chi connectivity index (χ0n) is 21.7. The van der Waals surface area contributed by atoms with Gasteiger partial charge >= 0.3 is 6.03 Å². The lowest BCUT2D eigenvalue weighted by Gasteiger charge is -2.28. The highest BCUT2D eigenvalue weighted by Gasteiger charge is 2.44. The molecule has 11 nitrogen and oxygen atoms in total. The maximum atomic E-state index is 13.4. The topological polar surface area (TPSA) is 126 Å². The molecule has 3 atom stereocenters. The van der Waals surface area contributed by atoms with Gasteiger partial charge in [0.15, 0.2) is 5.65 Å². The Balaban J connectivity index is 1.16. The van der Waals surface area contributed by atoms with E-state index in [1.807, 2.05) is 25.1 Å². The van der Waals surface area contributed by atoms with Crippen LogP contribution in [-0.2, 0) is 10.0 Å². The molecule has 1 aromatic carbocycles. The van der Waals surface area contributed by atoms with Crippen molar-refractivity contribution in [3.05, 3.63) is 48.4 Å². The van der Waals surface area contributed by atoms with E-state index < -0.39 is 10.0 Å². The van der Waals surface area contributed by atoms with E-state index in [0.29, 0.717) is 52.1 Å². The van der Waals surface area contributed by atoms with Gasteiger partial charge in [-0.3, -0.25) is 5.32 Å². The van der Waals surface area contributed by atoms with E-state index >= 15 is 0 Å². The highest BCUT2D eigenvalue weighted by molar-refractivity contribution is 7.98. The molecule has 2 aliphatic rings. The average molecular weight is 585 g/mol. The normalized spacial score (nSPS) is 20.9. The van der Waals surface area contributed by atoms with Crippen molar-refractivity contribution in [2.45, 2.75) is 35.9 Å². The Morgan fingerprint density at radius 2 is 1.85 bits per heavy atom. The van der Waals surface area contributed by atoms with Crippen molar-refractivity contribution in [1.29, 1.82) is 0 Å². The van der Waals surface area contributed by atoms with Crippen LogP contribution >= 0.6 is 23.3 Å². The standard InChI is InChI=1S/C25H28N8O3S3/c1-15-4-6-19(7-5-15)39(35,36)33-9-8-20-21(26-14-27-22(20)33)31(2)18-10-16-12-32(13-17(16)11-18)25(34)29-23-28-24(37-3)30-38-23/h4-9,14,16-18H,10-13H2,1-3H3,(H,28,29,30,34)/t16-,17+,18+. The van der Waals surface area contributed by atoms with Gasteiger partial charge in [0.05, 0.1) is 10.3 Å². The first-order valence-corrected chi connectivity index (χ1v) is 16.0. The first kappa shape index (κ1) is 26.0. The molecule has 2 amide bonds. The Hall–Kier alpha value is -3.23. The minimum absolute atomic E-state index is 0.133. The van der Waals surface area contributed by atoms with Gasteiger partial charge in [-0.05, 0) is 56.1 Å². The SMILES string of the molecule is CSc1nsc(NC(=O)N2C[C@H]3C[C@H](N(C)c4ncnc5c4ccn5S(=O)(=O)c4ccc(C)cc4)C[C@H]3C2)n1. The van der Waals surface area contributed by atoms with E-state index in [4.69, 9.17) is 0 Å². The Labute approximate surface area is 234 Å². The number of nitrogens with zero attached hydrogens (tertiary/aromatic N) is 7. The summed E-state index contributed by atoms with van der Waals surface area (Å²) in [7, 11) is -1.79. The maximum Gasteiger partial charge on any atom is 0.323 e. The molecule has 4 aromatic rings. The smallest absolute Gasteiger partial charge is 0.323 e.